The molecular formula is C11H15N3. The van der Waals surface area contributed by atoms with Gasteiger partial charge in [0.2, 0.25) is 0 Å². The van der Waals surface area contributed by atoms with Gasteiger partial charge in [-0.25, -0.2) is 4.98 Å². The van der Waals surface area contributed by atoms with Crippen LogP contribution in [0, 0.1) is 6.92 Å². The van der Waals surface area contributed by atoms with Gasteiger partial charge in [0.1, 0.15) is 5.82 Å². The monoisotopic (exact) mass is 189 g/mol. The van der Waals surface area contributed by atoms with Crippen LogP contribution < -0.4 is 5.32 Å². The van der Waals surface area contributed by atoms with Gasteiger partial charge in [-0.2, -0.15) is 0 Å². The molecule has 74 valence electrons. The Morgan fingerprint density at radius 1 is 1.43 bits per heavy atom. The second-order valence-corrected chi connectivity index (χ2v) is 3.49. The van der Waals surface area contributed by atoms with Crippen molar-refractivity contribution in [1.29, 1.82) is 0 Å². The van der Waals surface area contributed by atoms with Gasteiger partial charge in [0, 0.05) is 6.20 Å². The molecule has 3 nitrogen and oxygen atoms in total. The van der Waals surface area contributed by atoms with E-state index in [1.54, 1.807) is 0 Å². The molecule has 2 aromatic heterocycles. The number of hydrogen-bond donors (Lipinski definition) is 1. The molecule has 2 heterocycles. The Morgan fingerprint density at radius 2 is 2.29 bits per heavy atom. The first kappa shape index (κ1) is 9.21. The van der Waals surface area contributed by atoms with Crippen molar-refractivity contribution >= 4 is 5.52 Å². The van der Waals surface area contributed by atoms with E-state index in [2.05, 4.69) is 33.0 Å². The molecule has 0 fully saturated rings. The zero-order valence-electron chi connectivity index (χ0n) is 8.62. The molecule has 0 spiro atoms. The number of nitrogens with zero attached hydrogens (tertiary/aromatic N) is 2. The quantitative estimate of drug-likeness (QED) is 0.791. The van der Waals surface area contributed by atoms with Gasteiger partial charge in [0.05, 0.1) is 11.7 Å². The lowest BCUT2D eigenvalue weighted by molar-refractivity contribution is 0.787. The highest BCUT2D eigenvalue weighted by Crippen LogP contribution is 2.08. The van der Waals surface area contributed by atoms with E-state index in [-0.39, 0.29) is 0 Å². The zero-order valence-corrected chi connectivity index (χ0v) is 8.62. The van der Waals surface area contributed by atoms with E-state index in [4.69, 9.17) is 0 Å². The highest BCUT2D eigenvalue weighted by Gasteiger charge is 1.99. The molecule has 0 radical (unpaired) electrons. The molecule has 0 aliphatic heterocycles. The maximum atomic E-state index is 4.26. The molecule has 0 aliphatic rings. The largest absolute Gasteiger partial charge is 0.319 e. The van der Waals surface area contributed by atoms with Crippen LogP contribution in [-0.2, 0) is 6.42 Å². The van der Waals surface area contributed by atoms with Crippen LogP contribution in [0.1, 0.15) is 11.4 Å². The topological polar surface area (TPSA) is 29.3 Å². The summed E-state index contributed by atoms with van der Waals surface area (Å²) in [6, 6.07) is 4.28. The second-order valence-electron chi connectivity index (χ2n) is 3.49. The number of aromatic nitrogens is 2. The molecule has 0 aliphatic carbocycles. The zero-order chi connectivity index (χ0) is 9.97. The van der Waals surface area contributed by atoms with Gasteiger partial charge in [-0.15, -0.1) is 0 Å². The van der Waals surface area contributed by atoms with E-state index >= 15 is 0 Å². The van der Waals surface area contributed by atoms with E-state index in [0.717, 1.165) is 24.3 Å². The van der Waals surface area contributed by atoms with Gasteiger partial charge in [0.15, 0.2) is 0 Å². The number of likely N-dealkylation sites (N-methyl/N-ethyl adjacent to an activating group) is 1. The summed E-state index contributed by atoms with van der Waals surface area (Å²) >= 11 is 0. The molecule has 0 aromatic carbocycles. The van der Waals surface area contributed by atoms with Gasteiger partial charge in [-0.05, 0) is 38.6 Å². The van der Waals surface area contributed by atoms with Crippen molar-refractivity contribution in [2.24, 2.45) is 0 Å². The lowest BCUT2D eigenvalue weighted by atomic mass is 10.2. The second kappa shape index (κ2) is 3.80. The van der Waals surface area contributed by atoms with Crippen LogP contribution in [0.15, 0.2) is 24.5 Å². The van der Waals surface area contributed by atoms with Crippen LogP contribution >= 0.6 is 0 Å². The van der Waals surface area contributed by atoms with E-state index in [9.17, 15) is 0 Å². The average molecular weight is 189 g/mol. The molecule has 0 unspecified atom stereocenters. The summed E-state index contributed by atoms with van der Waals surface area (Å²) in [5, 5.41) is 3.15. The maximum absolute atomic E-state index is 4.26. The summed E-state index contributed by atoms with van der Waals surface area (Å²) in [5.74, 6) is 1.05. The lowest BCUT2D eigenvalue weighted by Crippen LogP contribution is -2.10. The minimum atomic E-state index is 1.01. The smallest absolute Gasteiger partial charge is 0.110 e. The Morgan fingerprint density at radius 3 is 3.07 bits per heavy atom. The molecule has 1 N–H and O–H groups in total. The van der Waals surface area contributed by atoms with Gasteiger partial charge in [-0.3, -0.25) is 0 Å². The third-order valence-electron chi connectivity index (χ3n) is 2.44. The highest BCUT2D eigenvalue weighted by molar-refractivity contribution is 5.46. The van der Waals surface area contributed by atoms with Gasteiger partial charge in [0.25, 0.3) is 0 Å². The molecule has 0 bridgehead atoms. The number of nitrogens with one attached hydrogen (secondary N) is 1. The Kier molecular flexibility index (Phi) is 2.50. The predicted molar refractivity (Wildman–Crippen MR) is 57.6 cm³/mol. The van der Waals surface area contributed by atoms with Crippen molar-refractivity contribution in [1.82, 2.24) is 14.7 Å². The molecule has 14 heavy (non-hydrogen) atoms. The van der Waals surface area contributed by atoms with Crippen molar-refractivity contribution in [3.05, 3.63) is 35.9 Å². The Balaban J connectivity index is 2.34. The number of aryl methyl sites for hydroxylation is 1. The first-order valence-electron chi connectivity index (χ1n) is 4.88. The maximum Gasteiger partial charge on any atom is 0.110 e. The molecule has 2 rings (SSSR count). The SMILES string of the molecule is CNCCc1ccc2cnc(C)n2c1. The van der Waals surface area contributed by atoms with Gasteiger partial charge in [-0.1, -0.05) is 6.07 Å². The van der Waals surface area contributed by atoms with Gasteiger partial charge < -0.3 is 9.72 Å². The van der Waals surface area contributed by atoms with E-state index in [0.29, 0.717) is 0 Å². The summed E-state index contributed by atoms with van der Waals surface area (Å²) in [5.41, 5.74) is 2.50. The molecule has 0 atom stereocenters. The third kappa shape index (κ3) is 1.63. The summed E-state index contributed by atoms with van der Waals surface area (Å²) in [6.07, 6.45) is 5.12. The average Bonchev–Trinajstić information content (AvgIpc) is 2.57. The fourth-order valence-electron chi connectivity index (χ4n) is 1.58. The number of pyridine rings is 1. The number of rotatable bonds is 3. The summed E-state index contributed by atoms with van der Waals surface area (Å²) in [7, 11) is 1.97. The van der Waals surface area contributed by atoms with Crippen LogP contribution in [-0.4, -0.2) is 23.0 Å². The predicted octanol–water partition coefficient (Wildman–Crippen LogP) is 1.40. The summed E-state index contributed by atoms with van der Waals surface area (Å²) in [4.78, 5) is 4.26. The highest BCUT2D eigenvalue weighted by atomic mass is 15.0. The Hall–Kier alpha value is -1.35. The standard InChI is InChI=1S/C11H15N3/c1-9-13-7-11-4-3-10(5-6-12-2)8-14(9)11/h3-4,7-8,12H,5-6H2,1-2H3. The Labute approximate surface area is 83.8 Å². The fraction of sp³-hybridized carbons (Fsp3) is 0.364. The lowest BCUT2D eigenvalue weighted by Gasteiger charge is -2.02. The van der Waals surface area contributed by atoms with Crippen LogP contribution in [0.4, 0.5) is 0 Å². The van der Waals surface area contributed by atoms with Crippen molar-refractivity contribution in [3.8, 4) is 0 Å². The van der Waals surface area contributed by atoms with E-state index in [1.807, 2.05) is 20.2 Å². The number of imidazole rings is 1. The van der Waals surface area contributed by atoms with Crippen molar-refractivity contribution in [2.45, 2.75) is 13.3 Å². The first-order valence-corrected chi connectivity index (χ1v) is 4.88. The third-order valence-corrected chi connectivity index (χ3v) is 2.44. The fourth-order valence-corrected chi connectivity index (χ4v) is 1.58. The Bertz CT molecular complexity index is 431. The number of fused-ring (bicyclic) bond motifs is 1. The molecule has 2 aromatic rings. The van der Waals surface area contributed by atoms with Crippen molar-refractivity contribution in [2.75, 3.05) is 13.6 Å². The molecular weight excluding hydrogens is 174 g/mol. The van der Waals surface area contributed by atoms with Crippen molar-refractivity contribution < 1.29 is 0 Å². The molecule has 0 saturated heterocycles. The first-order chi connectivity index (χ1) is 6.81. The van der Waals surface area contributed by atoms with Crippen LogP contribution in [0.5, 0.6) is 0 Å². The van der Waals surface area contributed by atoms with Crippen LogP contribution in [0.25, 0.3) is 5.52 Å². The number of hydrogen-bond acceptors (Lipinski definition) is 2. The molecule has 0 amide bonds. The summed E-state index contributed by atoms with van der Waals surface area (Å²) in [6.45, 7) is 3.04. The van der Waals surface area contributed by atoms with Crippen molar-refractivity contribution in [3.63, 3.8) is 0 Å². The molecule has 3 heteroatoms. The van der Waals surface area contributed by atoms with Crippen LogP contribution in [0.2, 0.25) is 0 Å². The van der Waals surface area contributed by atoms with E-state index < -0.39 is 0 Å². The normalized spacial score (nSPS) is 11.0. The van der Waals surface area contributed by atoms with E-state index in [1.165, 1.54) is 5.56 Å². The van der Waals surface area contributed by atoms with Crippen LogP contribution in [0.3, 0.4) is 0 Å². The minimum absolute atomic E-state index is 1.01. The summed E-state index contributed by atoms with van der Waals surface area (Å²) < 4.78 is 2.13. The van der Waals surface area contributed by atoms with Gasteiger partial charge >= 0.3 is 0 Å². The molecule has 0 saturated carbocycles. The minimum Gasteiger partial charge on any atom is -0.319 e.